The van der Waals surface area contributed by atoms with Crippen LogP contribution in [0.3, 0.4) is 0 Å². The Morgan fingerprint density at radius 1 is 0.957 bits per heavy atom. The van der Waals surface area contributed by atoms with E-state index in [1.807, 2.05) is 60.7 Å². The highest BCUT2D eigenvalue weighted by Gasteiger charge is 2.41. The fourth-order valence-corrected chi connectivity index (χ4v) is 6.30. The normalized spacial score (nSPS) is 18.6. The van der Waals surface area contributed by atoms with Crippen LogP contribution in [0.4, 0.5) is 9.18 Å². The van der Waals surface area contributed by atoms with Crippen LogP contribution in [0.25, 0.3) is 0 Å². The fourth-order valence-electron chi connectivity index (χ4n) is 6.30. The average molecular weight is 636 g/mol. The highest BCUT2D eigenvalue weighted by atomic mass is 19.1. The Labute approximate surface area is 271 Å². The maximum Gasteiger partial charge on any atom is 0.407 e. The molecule has 4 aromatic rings. The van der Waals surface area contributed by atoms with E-state index in [2.05, 4.69) is 16.7 Å². The molecule has 4 atom stereocenters. The second kappa shape index (κ2) is 14.3. The van der Waals surface area contributed by atoms with Crippen LogP contribution in [0.1, 0.15) is 58.2 Å². The molecule has 3 aliphatic rings. The number of rotatable bonds is 10. The van der Waals surface area contributed by atoms with Gasteiger partial charge in [-0.2, -0.15) is 5.26 Å². The molecule has 4 unspecified atom stereocenters. The van der Waals surface area contributed by atoms with E-state index in [0.29, 0.717) is 30.8 Å². The van der Waals surface area contributed by atoms with Crippen LogP contribution < -0.4 is 20.9 Å². The maximum atomic E-state index is 14.1. The van der Waals surface area contributed by atoms with Crippen molar-refractivity contribution in [3.05, 3.63) is 129 Å². The van der Waals surface area contributed by atoms with Gasteiger partial charge in [-0.05, 0) is 54.0 Å². The Balaban J connectivity index is 1.29. The number of benzene rings is 3. The standard InChI is InChI=1S/C36H34FN5O5/c37-27-14-11-23(12-15-27)17-28(19-38)39-34(43)31-32(46-21-24-7-3-1-4-8-24)35(44)42-20-26-13-16-29(33(42)41-31)30(18-26)40-36(45)47-22-25-9-5-2-6-10-25/h1-12,14-15,26,28-30H,13,16-18,20-22H2,(H,39,43)(H,40,45). The van der Waals surface area contributed by atoms with Gasteiger partial charge in [0.05, 0.1) is 6.07 Å². The minimum atomic E-state index is -0.983. The summed E-state index contributed by atoms with van der Waals surface area (Å²) >= 11 is 0. The van der Waals surface area contributed by atoms with Gasteiger partial charge in [0.25, 0.3) is 11.5 Å². The number of hydrogen-bond donors (Lipinski definition) is 2. The van der Waals surface area contributed by atoms with E-state index in [0.717, 1.165) is 17.5 Å². The van der Waals surface area contributed by atoms with Gasteiger partial charge in [-0.3, -0.25) is 14.2 Å². The number of fused-ring (bicyclic) bond motifs is 2. The molecule has 0 spiro atoms. The van der Waals surface area contributed by atoms with Gasteiger partial charge < -0.3 is 20.1 Å². The minimum absolute atomic E-state index is 0.0267. The van der Waals surface area contributed by atoms with Crippen LogP contribution in [-0.2, 0) is 30.9 Å². The second-order valence-electron chi connectivity index (χ2n) is 11.9. The lowest BCUT2D eigenvalue weighted by Crippen LogP contribution is -2.43. The van der Waals surface area contributed by atoms with Crippen molar-refractivity contribution >= 4 is 12.0 Å². The summed E-state index contributed by atoms with van der Waals surface area (Å²) in [6.07, 6.45) is 1.63. The predicted octanol–water partition coefficient (Wildman–Crippen LogP) is 5.02. The molecule has 7 rings (SSSR count). The molecule has 3 heterocycles. The molecule has 1 aromatic heterocycles. The predicted molar refractivity (Wildman–Crippen MR) is 170 cm³/mol. The molecule has 2 aliphatic heterocycles. The van der Waals surface area contributed by atoms with E-state index in [4.69, 9.17) is 14.5 Å². The maximum absolute atomic E-state index is 14.1. The third kappa shape index (κ3) is 7.49. The zero-order valence-electron chi connectivity index (χ0n) is 25.6. The Morgan fingerprint density at radius 3 is 2.32 bits per heavy atom. The SMILES string of the molecule is N#CC(Cc1ccc(F)cc1)NC(=O)c1nc2n(c(=O)c1OCc1ccccc1)CC1CCC2C(NC(=O)OCc2ccccc2)C1. The Kier molecular flexibility index (Phi) is 9.57. The molecule has 2 N–H and O–H groups in total. The lowest BCUT2D eigenvalue weighted by molar-refractivity contribution is 0.0933. The second-order valence-corrected chi connectivity index (χ2v) is 11.9. The fraction of sp³-hybridized carbons (Fsp3) is 0.306. The molecule has 1 saturated carbocycles. The number of carbonyl (C=O) groups excluding carboxylic acids is 2. The first-order chi connectivity index (χ1) is 22.9. The van der Waals surface area contributed by atoms with Crippen molar-refractivity contribution < 1.29 is 23.5 Å². The van der Waals surface area contributed by atoms with Gasteiger partial charge in [-0.1, -0.05) is 72.8 Å². The zero-order valence-corrected chi connectivity index (χ0v) is 25.6. The zero-order chi connectivity index (χ0) is 32.8. The topological polar surface area (TPSA) is 135 Å². The van der Waals surface area contributed by atoms with E-state index in [1.165, 1.54) is 12.1 Å². The largest absolute Gasteiger partial charge is 0.481 e. The number of nitrogens with zero attached hydrogens (tertiary/aromatic N) is 3. The van der Waals surface area contributed by atoms with E-state index >= 15 is 0 Å². The summed E-state index contributed by atoms with van der Waals surface area (Å²) in [5.74, 6) is -1.24. The number of alkyl carbamates (subject to hydrolysis) is 1. The number of amides is 2. The quantitative estimate of drug-likeness (QED) is 0.250. The molecule has 240 valence electrons. The van der Waals surface area contributed by atoms with Gasteiger partial charge in [-0.15, -0.1) is 0 Å². The molecule has 1 fully saturated rings. The molecule has 47 heavy (non-hydrogen) atoms. The number of hydrogen-bond acceptors (Lipinski definition) is 7. The molecule has 0 radical (unpaired) electrons. The molecule has 2 bridgehead atoms. The van der Waals surface area contributed by atoms with Crippen LogP contribution in [-0.4, -0.2) is 33.6 Å². The number of aromatic nitrogens is 2. The third-order valence-electron chi connectivity index (χ3n) is 8.66. The first kappa shape index (κ1) is 31.5. The number of nitriles is 1. The lowest BCUT2D eigenvalue weighted by Gasteiger charge is -2.32. The van der Waals surface area contributed by atoms with Gasteiger partial charge in [0.1, 0.15) is 30.9 Å². The van der Waals surface area contributed by atoms with Crippen LogP contribution in [0.15, 0.2) is 89.7 Å². The van der Waals surface area contributed by atoms with Crippen LogP contribution in [0.2, 0.25) is 0 Å². The Bertz CT molecular complexity index is 1830. The Morgan fingerprint density at radius 2 is 1.64 bits per heavy atom. The number of carbonyl (C=O) groups is 2. The van der Waals surface area contributed by atoms with Gasteiger partial charge in [0.15, 0.2) is 5.69 Å². The summed E-state index contributed by atoms with van der Waals surface area (Å²) in [7, 11) is 0. The summed E-state index contributed by atoms with van der Waals surface area (Å²) in [6.45, 7) is 0.509. The van der Waals surface area contributed by atoms with Crippen molar-refractivity contribution in [2.45, 2.75) is 63.4 Å². The van der Waals surface area contributed by atoms with Gasteiger partial charge >= 0.3 is 6.09 Å². The summed E-state index contributed by atoms with van der Waals surface area (Å²) in [6, 6.07) is 25.0. The van der Waals surface area contributed by atoms with Gasteiger partial charge in [0, 0.05) is 24.9 Å². The highest BCUT2D eigenvalue weighted by Crippen LogP contribution is 2.40. The van der Waals surface area contributed by atoms with Crippen molar-refractivity contribution in [1.82, 2.24) is 20.2 Å². The Hall–Kier alpha value is -5.50. The van der Waals surface area contributed by atoms with E-state index in [9.17, 15) is 24.0 Å². The van der Waals surface area contributed by atoms with E-state index in [-0.39, 0.29) is 49.0 Å². The third-order valence-corrected chi connectivity index (χ3v) is 8.66. The van der Waals surface area contributed by atoms with Crippen LogP contribution in [0, 0.1) is 23.1 Å². The molecule has 2 amide bonds. The van der Waals surface area contributed by atoms with Crippen molar-refractivity contribution in [3.63, 3.8) is 0 Å². The lowest BCUT2D eigenvalue weighted by atomic mass is 9.79. The number of halogens is 1. The van der Waals surface area contributed by atoms with Crippen LogP contribution in [0.5, 0.6) is 5.75 Å². The highest BCUT2D eigenvalue weighted by molar-refractivity contribution is 5.95. The first-order valence-corrected chi connectivity index (χ1v) is 15.6. The summed E-state index contributed by atoms with van der Waals surface area (Å²) in [4.78, 5) is 45.5. The van der Waals surface area contributed by atoms with Gasteiger partial charge in [0.2, 0.25) is 5.75 Å². The summed E-state index contributed by atoms with van der Waals surface area (Å²) in [5.41, 5.74) is 1.58. The van der Waals surface area contributed by atoms with Crippen molar-refractivity contribution in [2.24, 2.45) is 5.92 Å². The monoisotopic (exact) mass is 635 g/mol. The molecule has 3 aromatic carbocycles. The summed E-state index contributed by atoms with van der Waals surface area (Å²) in [5, 5.41) is 15.5. The molecule has 0 saturated heterocycles. The van der Waals surface area contributed by atoms with Crippen molar-refractivity contribution in [3.8, 4) is 11.8 Å². The van der Waals surface area contributed by atoms with Crippen molar-refractivity contribution in [1.29, 1.82) is 5.26 Å². The molecular weight excluding hydrogens is 601 g/mol. The number of nitrogens with one attached hydrogen (secondary N) is 2. The minimum Gasteiger partial charge on any atom is -0.481 e. The average Bonchev–Trinajstić information content (AvgIpc) is 3.36. The first-order valence-electron chi connectivity index (χ1n) is 15.6. The summed E-state index contributed by atoms with van der Waals surface area (Å²) < 4.78 is 26.5. The van der Waals surface area contributed by atoms with E-state index < -0.39 is 29.4 Å². The van der Waals surface area contributed by atoms with Gasteiger partial charge in [-0.25, -0.2) is 14.2 Å². The van der Waals surface area contributed by atoms with Crippen LogP contribution >= 0.6 is 0 Å². The molecular formula is C36H34FN5O5. The number of ether oxygens (including phenoxy) is 2. The smallest absolute Gasteiger partial charge is 0.407 e. The molecule has 10 nitrogen and oxygen atoms in total. The molecule has 1 aliphatic carbocycles. The molecule has 11 heteroatoms. The van der Waals surface area contributed by atoms with Crippen molar-refractivity contribution in [2.75, 3.05) is 0 Å². The van der Waals surface area contributed by atoms with E-state index in [1.54, 1.807) is 16.7 Å².